The SMILES string of the molecule is CC1(C)NC(=O)N(CC(=O)OCC(=O)Nc2cc(Cl)c(Cl)cc2Cl)C1=O. The van der Waals surface area contributed by atoms with Crippen LogP contribution < -0.4 is 10.6 Å². The van der Waals surface area contributed by atoms with E-state index in [0.717, 1.165) is 4.90 Å². The molecule has 0 bridgehead atoms. The van der Waals surface area contributed by atoms with Crippen molar-refractivity contribution in [2.45, 2.75) is 19.4 Å². The Morgan fingerprint density at radius 1 is 1.15 bits per heavy atom. The van der Waals surface area contributed by atoms with Crippen molar-refractivity contribution in [1.29, 1.82) is 0 Å². The molecule has 0 radical (unpaired) electrons. The van der Waals surface area contributed by atoms with Crippen molar-refractivity contribution in [3.8, 4) is 0 Å². The third-order valence-corrected chi connectivity index (χ3v) is 4.41. The number of hydrogen-bond acceptors (Lipinski definition) is 5. The summed E-state index contributed by atoms with van der Waals surface area (Å²) in [6.45, 7) is 1.78. The number of nitrogens with one attached hydrogen (secondary N) is 2. The van der Waals surface area contributed by atoms with Gasteiger partial charge in [-0.3, -0.25) is 19.3 Å². The number of rotatable bonds is 5. The normalized spacial score (nSPS) is 15.7. The van der Waals surface area contributed by atoms with Gasteiger partial charge in [-0.15, -0.1) is 0 Å². The zero-order valence-corrected chi connectivity index (χ0v) is 16.0. The Hall–Kier alpha value is -2.03. The molecular formula is C15H14Cl3N3O5. The highest BCUT2D eigenvalue weighted by atomic mass is 35.5. The molecule has 0 aromatic heterocycles. The van der Waals surface area contributed by atoms with E-state index in [-0.39, 0.29) is 20.8 Å². The molecule has 0 spiro atoms. The first kappa shape index (κ1) is 20.3. The van der Waals surface area contributed by atoms with E-state index >= 15 is 0 Å². The van der Waals surface area contributed by atoms with Crippen LogP contribution in [0.4, 0.5) is 10.5 Å². The van der Waals surface area contributed by atoms with Crippen molar-refractivity contribution in [2.24, 2.45) is 0 Å². The van der Waals surface area contributed by atoms with Crippen LogP contribution in [-0.2, 0) is 19.1 Å². The molecule has 1 aliphatic rings. The number of ether oxygens (including phenoxy) is 1. The van der Waals surface area contributed by atoms with Gasteiger partial charge in [-0.05, 0) is 26.0 Å². The highest BCUT2D eigenvalue weighted by molar-refractivity contribution is 6.44. The largest absolute Gasteiger partial charge is 0.454 e. The zero-order valence-electron chi connectivity index (χ0n) is 13.7. The van der Waals surface area contributed by atoms with Gasteiger partial charge >= 0.3 is 12.0 Å². The first-order valence-corrected chi connectivity index (χ1v) is 8.39. The fourth-order valence-electron chi connectivity index (χ4n) is 2.09. The number of anilines is 1. The van der Waals surface area contributed by atoms with Crippen molar-refractivity contribution in [3.63, 3.8) is 0 Å². The Balaban J connectivity index is 1.88. The quantitative estimate of drug-likeness (QED) is 0.431. The fraction of sp³-hybridized carbons (Fsp3) is 0.333. The highest BCUT2D eigenvalue weighted by Gasteiger charge is 2.45. The molecule has 8 nitrogen and oxygen atoms in total. The van der Waals surface area contributed by atoms with Gasteiger partial charge in [0.15, 0.2) is 6.61 Å². The monoisotopic (exact) mass is 421 g/mol. The number of carbonyl (C=O) groups is 4. The molecule has 4 amide bonds. The molecule has 1 saturated heterocycles. The van der Waals surface area contributed by atoms with Crippen LogP contribution in [0.2, 0.25) is 15.1 Å². The predicted molar refractivity (Wildman–Crippen MR) is 95.4 cm³/mol. The summed E-state index contributed by atoms with van der Waals surface area (Å²) in [6, 6.07) is 2.00. The van der Waals surface area contributed by atoms with Crippen LogP contribution in [0.1, 0.15) is 13.8 Å². The van der Waals surface area contributed by atoms with Crippen molar-refractivity contribution < 1.29 is 23.9 Å². The van der Waals surface area contributed by atoms with E-state index < -0.39 is 42.5 Å². The summed E-state index contributed by atoms with van der Waals surface area (Å²) in [5.74, 6) is -2.16. The molecule has 1 aromatic rings. The van der Waals surface area contributed by atoms with Gasteiger partial charge in [0, 0.05) is 0 Å². The maximum atomic E-state index is 12.0. The minimum atomic E-state index is -1.10. The lowest BCUT2D eigenvalue weighted by Gasteiger charge is -2.15. The van der Waals surface area contributed by atoms with E-state index in [2.05, 4.69) is 10.6 Å². The molecule has 1 aromatic carbocycles. The summed E-state index contributed by atoms with van der Waals surface area (Å²) in [6.07, 6.45) is 0. The lowest BCUT2D eigenvalue weighted by atomic mass is 10.1. The van der Waals surface area contributed by atoms with Gasteiger partial charge in [0.25, 0.3) is 11.8 Å². The van der Waals surface area contributed by atoms with Gasteiger partial charge in [0.1, 0.15) is 12.1 Å². The molecule has 11 heteroatoms. The summed E-state index contributed by atoms with van der Waals surface area (Å²) in [5, 5.41) is 5.39. The maximum absolute atomic E-state index is 12.0. The van der Waals surface area contributed by atoms with E-state index in [1.807, 2.05) is 0 Å². The predicted octanol–water partition coefficient (Wildman–Crippen LogP) is 2.46. The summed E-state index contributed by atoms with van der Waals surface area (Å²) < 4.78 is 4.77. The van der Waals surface area contributed by atoms with Crippen LogP contribution in [0.5, 0.6) is 0 Å². The number of amides is 4. The van der Waals surface area contributed by atoms with Crippen molar-refractivity contribution in [3.05, 3.63) is 27.2 Å². The smallest absolute Gasteiger partial charge is 0.326 e. The van der Waals surface area contributed by atoms with Gasteiger partial charge in [-0.2, -0.15) is 0 Å². The molecule has 0 unspecified atom stereocenters. The first-order chi connectivity index (χ1) is 12.0. The Labute approximate surface area is 163 Å². The maximum Gasteiger partial charge on any atom is 0.326 e. The molecule has 0 atom stereocenters. The third kappa shape index (κ3) is 4.57. The van der Waals surface area contributed by atoms with E-state index in [0.29, 0.717) is 0 Å². The minimum Gasteiger partial charge on any atom is -0.454 e. The lowest BCUT2D eigenvalue weighted by Crippen LogP contribution is -2.41. The van der Waals surface area contributed by atoms with E-state index in [4.69, 9.17) is 39.5 Å². The van der Waals surface area contributed by atoms with Crippen molar-refractivity contribution in [2.75, 3.05) is 18.5 Å². The van der Waals surface area contributed by atoms with Crippen molar-refractivity contribution >= 4 is 64.3 Å². The zero-order chi connectivity index (χ0) is 19.6. The Morgan fingerprint density at radius 2 is 1.77 bits per heavy atom. The number of imide groups is 1. The third-order valence-electron chi connectivity index (χ3n) is 3.38. The second-order valence-corrected chi connectivity index (χ2v) is 7.12. The number of halogens is 3. The van der Waals surface area contributed by atoms with Gasteiger partial charge in [-0.1, -0.05) is 34.8 Å². The molecule has 26 heavy (non-hydrogen) atoms. The number of carbonyl (C=O) groups excluding carboxylic acids is 4. The second kappa shape index (κ2) is 7.69. The standard InChI is InChI=1S/C15H14Cl3N3O5/c1-15(2)13(24)21(14(25)20-15)5-12(23)26-6-11(22)19-10-4-8(17)7(16)3-9(10)18/h3-4H,5-6H2,1-2H3,(H,19,22)(H,20,25). The average Bonchev–Trinajstić information content (AvgIpc) is 2.72. The Bertz CT molecular complexity index is 797. The van der Waals surface area contributed by atoms with E-state index in [1.165, 1.54) is 26.0 Å². The van der Waals surface area contributed by atoms with Gasteiger partial charge in [0.2, 0.25) is 0 Å². The van der Waals surface area contributed by atoms with Crippen LogP contribution in [0.15, 0.2) is 12.1 Å². The van der Waals surface area contributed by atoms with Crippen molar-refractivity contribution in [1.82, 2.24) is 10.2 Å². The van der Waals surface area contributed by atoms with Crippen LogP contribution in [0.25, 0.3) is 0 Å². The molecule has 1 aliphatic heterocycles. The summed E-state index contributed by atoms with van der Waals surface area (Å²) in [7, 11) is 0. The number of urea groups is 1. The minimum absolute atomic E-state index is 0.153. The van der Waals surface area contributed by atoms with Gasteiger partial charge in [-0.25, -0.2) is 4.79 Å². The van der Waals surface area contributed by atoms with Crippen LogP contribution in [0, 0.1) is 0 Å². The van der Waals surface area contributed by atoms with Gasteiger partial charge in [0.05, 0.1) is 20.8 Å². The average molecular weight is 423 g/mol. The Kier molecular flexibility index (Phi) is 6.00. The molecule has 140 valence electrons. The van der Waals surface area contributed by atoms with Crippen LogP contribution in [0.3, 0.4) is 0 Å². The number of esters is 1. The summed E-state index contributed by atoms with van der Waals surface area (Å²) in [5.41, 5.74) is -0.905. The first-order valence-electron chi connectivity index (χ1n) is 7.25. The number of nitrogens with zero attached hydrogens (tertiary/aromatic N) is 1. The molecule has 2 rings (SSSR count). The molecule has 0 saturated carbocycles. The van der Waals surface area contributed by atoms with Gasteiger partial charge < -0.3 is 15.4 Å². The molecule has 1 heterocycles. The molecular weight excluding hydrogens is 409 g/mol. The van der Waals surface area contributed by atoms with Crippen LogP contribution in [-0.4, -0.2) is 47.4 Å². The number of benzene rings is 1. The molecule has 2 N–H and O–H groups in total. The van der Waals surface area contributed by atoms with E-state index in [9.17, 15) is 19.2 Å². The Morgan fingerprint density at radius 3 is 2.35 bits per heavy atom. The second-order valence-electron chi connectivity index (χ2n) is 5.90. The highest BCUT2D eigenvalue weighted by Crippen LogP contribution is 2.32. The lowest BCUT2D eigenvalue weighted by molar-refractivity contribution is -0.150. The summed E-state index contributed by atoms with van der Waals surface area (Å²) in [4.78, 5) is 48.0. The fourth-order valence-corrected chi connectivity index (χ4v) is 2.68. The molecule has 0 aliphatic carbocycles. The van der Waals surface area contributed by atoms with Crippen LogP contribution >= 0.6 is 34.8 Å². The topological polar surface area (TPSA) is 105 Å². The summed E-state index contributed by atoms with van der Waals surface area (Å²) >= 11 is 17.6. The molecule has 1 fully saturated rings. The van der Waals surface area contributed by atoms with E-state index in [1.54, 1.807) is 0 Å². The number of hydrogen-bond donors (Lipinski definition) is 2.